The van der Waals surface area contributed by atoms with Crippen molar-refractivity contribution in [3.8, 4) is 0 Å². The van der Waals surface area contributed by atoms with Gasteiger partial charge >= 0.3 is 0 Å². The Balaban J connectivity index is 1.76. The van der Waals surface area contributed by atoms with Crippen LogP contribution in [0.1, 0.15) is 30.8 Å². The first kappa shape index (κ1) is 14.4. The normalized spacial score (nSPS) is 18.7. The Bertz CT molecular complexity index is 793. The molecule has 0 bridgehead atoms. The van der Waals surface area contributed by atoms with Gasteiger partial charge in [0.2, 0.25) is 0 Å². The molecule has 0 aliphatic carbocycles. The van der Waals surface area contributed by atoms with Crippen LogP contribution in [0.3, 0.4) is 0 Å². The van der Waals surface area contributed by atoms with Crippen LogP contribution >= 0.6 is 0 Å². The number of hydrogen-bond acceptors (Lipinski definition) is 3. The monoisotopic (exact) mass is 306 g/mol. The van der Waals surface area contributed by atoms with Gasteiger partial charge in [0, 0.05) is 25.7 Å². The smallest absolute Gasteiger partial charge is 0.160 e. The van der Waals surface area contributed by atoms with Crippen molar-refractivity contribution in [1.29, 1.82) is 0 Å². The van der Waals surface area contributed by atoms with Crippen LogP contribution in [0.25, 0.3) is 11.2 Å². The molecule has 4 heteroatoms. The fourth-order valence-corrected chi connectivity index (χ4v) is 3.57. The summed E-state index contributed by atoms with van der Waals surface area (Å²) in [5, 5.41) is 0. The Morgan fingerprint density at radius 3 is 2.78 bits per heavy atom. The third kappa shape index (κ3) is 2.75. The van der Waals surface area contributed by atoms with Crippen LogP contribution < -0.4 is 0 Å². The summed E-state index contributed by atoms with van der Waals surface area (Å²) >= 11 is 0. The lowest BCUT2D eigenvalue weighted by atomic mass is 10.1. The van der Waals surface area contributed by atoms with E-state index in [1.165, 1.54) is 18.5 Å². The Morgan fingerprint density at radius 2 is 2.00 bits per heavy atom. The molecule has 0 saturated carbocycles. The van der Waals surface area contributed by atoms with Crippen molar-refractivity contribution in [3.05, 3.63) is 60.0 Å². The van der Waals surface area contributed by atoms with E-state index >= 15 is 0 Å². The number of rotatable bonds is 4. The number of fused-ring (bicyclic) bond motifs is 1. The van der Waals surface area contributed by atoms with Gasteiger partial charge in [0.05, 0.1) is 6.04 Å². The molecule has 3 heterocycles. The molecule has 4 rings (SSSR count). The van der Waals surface area contributed by atoms with E-state index in [0.717, 1.165) is 36.5 Å². The molecular formula is C19H22N4. The highest BCUT2D eigenvalue weighted by Gasteiger charge is 2.26. The second kappa shape index (κ2) is 6.13. The summed E-state index contributed by atoms with van der Waals surface area (Å²) in [5.41, 5.74) is 3.34. The van der Waals surface area contributed by atoms with Gasteiger partial charge in [-0.25, -0.2) is 9.97 Å². The van der Waals surface area contributed by atoms with Crippen LogP contribution in [0.2, 0.25) is 0 Å². The first-order valence-corrected chi connectivity index (χ1v) is 8.43. The third-order valence-electron chi connectivity index (χ3n) is 4.79. The highest BCUT2D eigenvalue weighted by Crippen LogP contribution is 2.28. The number of nitrogens with zero attached hydrogens (tertiary/aromatic N) is 4. The average Bonchev–Trinajstić information content (AvgIpc) is 3.19. The van der Waals surface area contributed by atoms with E-state index in [9.17, 15) is 0 Å². The molecule has 118 valence electrons. The Hall–Kier alpha value is -2.20. The zero-order valence-electron chi connectivity index (χ0n) is 13.5. The van der Waals surface area contributed by atoms with E-state index < -0.39 is 0 Å². The summed E-state index contributed by atoms with van der Waals surface area (Å²) in [5.74, 6) is 1.13. The van der Waals surface area contributed by atoms with Gasteiger partial charge in [-0.1, -0.05) is 37.3 Å². The van der Waals surface area contributed by atoms with Crippen molar-refractivity contribution in [2.75, 3.05) is 19.6 Å². The number of likely N-dealkylation sites (N-methyl/N-ethyl adjacent to an activating group) is 1. The quantitative estimate of drug-likeness (QED) is 0.742. The molecule has 1 aromatic carbocycles. The zero-order valence-corrected chi connectivity index (χ0v) is 13.5. The van der Waals surface area contributed by atoms with Gasteiger partial charge in [-0.3, -0.25) is 0 Å². The molecule has 1 atom stereocenters. The molecule has 0 spiro atoms. The minimum Gasteiger partial charge on any atom is -0.308 e. The maximum Gasteiger partial charge on any atom is 0.160 e. The van der Waals surface area contributed by atoms with Crippen molar-refractivity contribution in [2.24, 2.45) is 0 Å². The number of benzene rings is 1. The molecule has 1 aliphatic heterocycles. The topological polar surface area (TPSA) is 34.0 Å². The predicted molar refractivity (Wildman–Crippen MR) is 92.5 cm³/mol. The molecule has 1 saturated heterocycles. The number of imidazole rings is 1. The lowest BCUT2D eigenvalue weighted by Gasteiger charge is -2.17. The second-order valence-electron chi connectivity index (χ2n) is 6.24. The Labute approximate surface area is 136 Å². The number of hydrogen-bond donors (Lipinski definition) is 0. The predicted octanol–water partition coefficient (Wildman–Crippen LogP) is 3.29. The molecule has 1 unspecified atom stereocenters. The molecule has 23 heavy (non-hydrogen) atoms. The van der Waals surface area contributed by atoms with Gasteiger partial charge in [0.1, 0.15) is 11.3 Å². The third-order valence-corrected chi connectivity index (χ3v) is 4.79. The van der Waals surface area contributed by atoms with E-state index in [4.69, 9.17) is 4.98 Å². The van der Waals surface area contributed by atoms with E-state index in [0.29, 0.717) is 6.04 Å². The van der Waals surface area contributed by atoms with Gasteiger partial charge in [-0.15, -0.1) is 0 Å². The van der Waals surface area contributed by atoms with Crippen molar-refractivity contribution in [2.45, 2.75) is 25.8 Å². The van der Waals surface area contributed by atoms with Crippen molar-refractivity contribution < 1.29 is 0 Å². The fraction of sp³-hybridized carbons (Fsp3) is 0.368. The summed E-state index contributed by atoms with van der Waals surface area (Å²) < 4.78 is 2.39. The lowest BCUT2D eigenvalue weighted by Crippen LogP contribution is -2.22. The maximum atomic E-state index is 4.89. The second-order valence-corrected chi connectivity index (χ2v) is 6.24. The molecule has 0 radical (unpaired) electrons. The molecule has 0 N–H and O–H groups in total. The van der Waals surface area contributed by atoms with Crippen molar-refractivity contribution in [1.82, 2.24) is 19.4 Å². The molecule has 4 nitrogen and oxygen atoms in total. The van der Waals surface area contributed by atoms with Crippen LogP contribution in [0.4, 0.5) is 0 Å². The highest BCUT2D eigenvalue weighted by molar-refractivity contribution is 5.71. The fourth-order valence-electron chi connectivity index (χ4n) is 3.57. The number of likely N-dealkylation sites (tertiary alicyclic amines) is 1. The van der Waals surface area contributed by atoms with Crippen LogP contribution in [-0.2, 0) is 6.42 Å². The van der Waals surface area contributed by atoms with Crippen LogP contribution in [0.15, 0.2) is 48.7 Å². The first-order chi connectivity index (χ1) is 11.3. The molecule has 1 aliphatic rings. The van der Waals surface area contributed by atoms with E-state index in [2.05, 4.69) is 57.8 Å². The zero-order chi connectivity index (χ0) is 15.6. The van der Waals surface area contributed by atoms with Crippen molar-refractivity contribution in [3.63, 3.8) is 0 Å². The van der Waals surface area contributed by atoms with Gasteiger partial charge in [-0.05, 0) is 30.7 Å². The molecule has 3 aromatic rings. The largest absolute Gasteiger partial charge is 0.308 e. The molecule has 0 amide bonds. The molecule has 2 aromatic heterocycles. The lowest BCUT2D eigenvalue weighted by molar-refractivity contribution is 0.341. The average molecular weight is 306 g/mol. The Morgan fingerprint density at radius 1 is 1.13 bits per heavy atom. The summed E-state index contributed by atoms with van der Waals surface area (Å²) in [4.78, 5) is 12.0. The van der Waals surface area contributed by atoms with E-state index in [1.807, 2.05) is 12.3 Å². The van der Waals surface area contributed by atoms with Crippen molar-refractivity contribution >= 4 is 11.2 Å². The number of aromatic nitrogens is 3. The summed E-state index contributed by atoms with van der Waals surface area (Å²) in [7, 11) is 0. The Kier molecular flexibility index (Phi) is 3.83. The van der Waals surface area contributed by atoms with Gasteiger partial charge < -0.3 is 9.47 Å². The summed E-state index contributed by atoms with van der Waals surface area (Å²) in [6.45, 7) is 5.61. The summed E-state index contributed by atoms with van der Waals surface area (Å²) in [6, 6.07) is 15.1. The van der Waals surface area contributed by atoms with Crippen LogP contribution in [-0.4, -0.2) is 39.1 Å². The van der Waals surface area contributed by atoms with Crippen LogP contribution in [0.5, 0.6) is 0 Å². The van der Waals surface area contributed by atoms with Gasteiger partial charge in [0.15, 0.2) is 5.65 Å². The first-order valence-electron chi connectivity index (χ1n) is 8.43. The summed E-state index contributed by atoms with van der Waals surface area (Å²) in [6.07, 6.45) is 3.91. The minimum absolute atomic E-state index is 0.480. The highest BCUT2D eigenvalue weighted by atomic mass is 15.2. The molecular weight excluding hydrogens is 284 g/mol. The SMILES string of the molecule is CCN1CCC(n2c(Cc3ccccc3)nc3cccnc32)C1. The number of pyridine rings is 1. The van der Waals surface area contributed by atoms with Crippen LogP contribution in [0, 0.1) is 0 Å². The molecule has 1 fully saturated rings. The van der Waals surface area contributed by atoms with Gasteiger partial charge in [0.25, 0.3) is 0 Å². The van der Waals surface area contributed by atoms with Gasteiger partial charge in [-0.2, -0.15) is 0 Å². The van der Waals surface area contributed by atoms with E-state index in [1.54, 1.807) is 0 Å². The standard InChI is InChI=1S/C19H22N4/c1-2-22-12-10-16(14-22)23-18(13-15-7-4-3-5-8-15)21-17-9-6-11-20-19(17)23/h3-9,11,16H,2,10,12-14H2,1H3. The minimum atomic E-state index is 0.480. The van der Waals surface area contributed by atoms with E-state index in [-0.39, 0.29) is 0 Å². The maximum absolute atomic E-state index is 4.89.